The maximum atomic E-state index is 11.9. The van der Waals surface area contributed by atoms with Crippen LogP contribution < -0.4 is 10.6 Å². The molecule has 2 rings (SSSR count). The third-order valence-electron chi connectivity index (χ3n) is 2.62. The van der Waals surface area contributed by atoms with Crippen molar-refractivity contribution in [1.29, 1.82) is 0 Å². The molecule has 0 saturated heterocycles. The fourth-order valence-electron chi connectivity index (χ4n) is 1.71. The first-order valence-corrected chi connectivity index (χ1v) is 6.31. The molecule has 4 nitrogen and oxygen atoms in total. The van der Waals surface area contributed by atoms with Crippen molar-refractivity contribution in [3.63, 3.8) is 0 Å². The molecule has 19 heavy (non-hydrogen) atoms. The van der Waals surface area contributed by atoms with Crippen LogP contribution in [0.4, 0.5) is 5.69 Å². The van der Waals surface area contributed by atoms with E-state index in [1.165, 1.54) is 0 Å². The molecule has 1 amide bonds. The largest absolute Gasteiger partial charge is 0.472 e. The zero-order valence-corrected chi connectivity index (χ0v) is 11.1. The first-order valence-electron chi connectivity index (χ1n) is 6.31. The Morgan fingerprint density at radius 2 is 2.16 bits per heavy atom. The van der Waals surface area contributed by atoms with Crippen LogP contribution in [-0.2, 0) is 6.54 Å². The summed E-state index contributed by atoms with van der Waals surface area (Å²) in [6, 6.07) is 9.50. The molecule has 1 aromatic carbocycles. The van der Waals surface area contributed by atoms with Crippen molar-refractivity contribution in [3.8, 4) is 0 Å². The van der Waals surface area contributed by atoms with Gasteiger partial charge in [-0.15, -0.1) is 0 Å². The highest BCUT2D eigenvalue weighted by Gasteiger charge is 2.07. The molecule has 1 aromatic heterocycles. The van der Waals surface area contributed by atoms with Gasteiger partial charge in [-0.05, 0) is 38.1 Å². The average molecular weight is 258 g/mol. The number of hydrogen-bond acceptors (Lipinski definition) is 3. The number of nitrogens with one attached hydrogen (secondary N) is 2. The van der Waals surface area contributed by atoms with Crippen LogP contribution in [-0.4, -0.2) is 11.9 Å². The molecule has 100 valence electrons. The molecule has 4 heteroatoms. The zero-order valence-electron chi connectivity index (χ0n) is 11.1. The molecule has 1 heterocycles. The maximum absolute atomic E-state index is 11.9. The minimum atomic E-state index is -0.0537. The first-order chi connectivity index (χ1) is 9.15. The van der Waals surface area contributed by atoms with Gasteiger partial charge in [0.15, 0.2) is 0 Å². The summed E-state index contributed by atoms with van der Waals surface area (Å²) < 4.78 is 5.00. The van der Waals surface area contributed by atoms with Crippen molar-refractivity contribution in [3.05, 3.63) is 54.0 Å². The molecule has 2 N–H and O–H groups in total. The van der Waals surface area contributed by atoms with E-state index in [2.05, 4.69) is 10.6 Å². The molecule has 0 aliphatic carbocycles. The predicted molar refractivity (Wildman–Crippen MR) is 75.1 cm³/mol. The summed E-state index contributed by atoms with van der Waals surface area (Å²) in [7, 11) is 0. The van der Waals surface area contributed by atoms with Crippen molar-refractivity contribution in [2.24, 2.45) is 0 Å². The summed E-state index contributed by atoms with van der Waals surface area (Å²) in [6.07, 6.45) is 3.34. The minimum Gasteiger partial charge on any atom is -0.472 e. The Morgan fingerprint density at radius 3 is 2.84 bits per heavy atom. The lowest BCUT2D eigenvalue weighted by Crippen LogP contribution is -2.30. The van der Waals surface area contributed by atoms with Gasteiger partial charge in [0.05, 0.1) is 12.5 Å². The maximum Gasteiger partial charge on any atom is 0.251 e. The SMILES string of the molecule is CC(C)NC(=O)c1cccc(NCc2ccoc2)c1. The van der Waals surface area contributed by atoms with Gasteiger partial charge < -0.3 is 15.1 Å². The van der Waals surface area contributed by atoms with Gasteiger partial charge in [-0.2, -0.15) is 0 Å². The summed E-state index contributed by atoms with van der Waals surface area (Å²) in [6.45, 7) is 4.56. The highest BCUT2D eigenvalue weighted by atomic mass is 16.3. The Labute approximate surface area is 112 Å². The summed E-state index contributed by atoms with van der Waals surface area (Å²) in [5.74, 6) is -0.0537. The van der Waals surface area contributed by atoms with Crippen LogP contribution in [0.1, 0.15) is 29.8 Å². The second-order valence-corrected chi connectivity index (χ2v) is 4.69. The van der Waals surface area contributed by atoms with Crippen molar-refractivity contribution in [1.82, 2.24) is 5.32 Å². The van der Waals surface area contributed by atoms with Gasteiger partial charge in [-0.25, -0.2) is 0 Å². The van der Waals surface area contributed by atoms with E-state index < -0.39 is 0 Å². The molecule has 0 unspecified atom stereocenters. The highest BCUT2D eigenvalue weighted by Crippen LogP contribution is 2.12. The van der Waals surface area contributed by atoms with Gasteiger partial charge in [0.25, 0.3) is 5.91 Å². The number of amides is 1. The van der Waals surface area contributed by atoms with Crippen LogP contribution in [0.25, 0.3) is 0 Å². The lowest BCUT2D eigenvalue weighted by molar-refractivity contribution is 0.0943. The van der Waals surface area contributed by atoms with E-state index in [0.29, 0.717) is 12.1 Å². The molecule has 0 radical (unpaired) electrons. The Hall–Kier alpha value is -2.23. The van der Waals surface area contributed by atoms with Gasteiger partial charge in [0, 0.05) is 29.4 Å². The van der Waals surface area contributed by atoms with Gasteiger partial charge in [-0.1, -0.05) is 6.07 Å². The van der Waals surface area contributed by atoms with E-state index in [1.807, 2.05) is 38.1 Å². The van der Waals surface area contributed by atoms with Crippen molar-refractivity contribution in [2.75, 3.05) is 5.32 Å². The number of benzene rings is 1. The smallest absolute Gasteiger partial charge is 0.251 e. The molecular weight excluding hydrogens is 240 g/mol. The summed E-state index contributed by atoms with van der Waals surface area (Å²) in [5, 5.41) is 6.13. The Morgan fingerprint density at radius 1 is 1.32 bits per heavy atom. The molecule has 0 spiro atoms. The predicted octanol–water partition coefficient (Wildman–Crippen LogP) is 3.03. The van der Waals surface area contributed by atoms with E-state index in [0.717, 1.165) is 11.3 Å². The molecule has 0 fully saturated rings. The van der Waals surface area contributed by atoms with Gasteiger partial charge in [0.1, 0.15) is 0 Å². The van der Waals surface area contributed by atoms with Gasteiger partial charge in [0.2, 0.25) is 0 Å². The second kappa shape index (κ2) is 6.09. The number of anilines is 1. The Kier molecular flexibility index (Phi) is 4.23. The highest BCUT2D eigenvalue weighted by molar-refractivity contribution is 5.95. The summed E-state index contributed by atoms with van der Waals surface area (Å²) >= 11 is 0. The first kappa shape index (κ1) is 13.2. The van der Waals surface area contributed by atoms with Crippen molar-refractivity contribution < 1.29 is 9.21 Å². The Balaban J connectivity index is 2.00. The van der Waals surface area contributed by atoms with Crippen molar-refractivity contribution in [2.45, 2.75) is 26.4 Å². The quantitative estimate of drug-likeness (QED) is 0.866. The Bertz CT molecular complexity index is 533. The third kappa shape index (κ3) is 3.88. The standard InChI is InChI=1S/C15H18N2O2/c1-11(2)17-15(18)13-4-3-5-14(8-13)16-9-12-6-7-19-10-12/h3-8,10-11,16H,9H2,1-2H3,(H,17,18). The van der Waals surface area contributed by atoms with Crippen LogP contribution in [0.15, 0.2) is 47.3 Å². The zero-order chi connectivity index (χ0) is 13.7. The molecule has 0 bridgehead atoms. The van der Waals surface area contributed by atoms with Crippen LogP contribution in [0.5, 0.6) is 0 Å². The second-order valence-electron chi connectivity index (χ2n) is 4.69. The topological polar surface area (TPSA) is 54.3 Å². The molecule has 2 aromatic rings. The molecule has 0 atom stereocenters. The minimum absolute atomic E-state index is 0.0537. The monoisotopic (exact) mass is 258 g/mol. The lowest BCUT2D eigenvalue weighted by Gasteiger charge is -2.10. The number of furan rings is 1. The van der Waals surface area contributed by atoms with Crippen LogP contribution in [0.3, 0.4) is 0 Å². The third-order valence-corrected chi connectivity index (χ3v) is 2.62. The van der Waals surface area contributed by atoms with Crippen molar-refractivity contribution >= 4 is 11.6 Å². The van der Waals surface area contributed by atoms with E-state index in [1.54, 1.807) is 18.6 Å². The van der Waals surface area contributed by atoms with Crippen LogP contribution in [0.2, 0.25) is 0 Å². The number of carbonyl (C=O) groups is 1. The average Bonchev–Trinajstić information content (AvgIpc) is 2.89. The van der Waals surface area contributed by atoms with E-state index >= 15 is 0 Å². The number of hydrogen-bond donors (Lipinski definition) is 2. The summed E-state index contributed by atoms with van der Waals surface area (Å²) in [4.78, 5) is 11.9. The van der Waals surface area contributed by atoms with E-state index in [4.69, 9.17) is 4.42 Å². The fourth-order valence-corrected chi connectivity index (χ4v) is 1.71. The van der Waals surface area contributed by atoms with Gasteiger partial charge >= 0.3 is 0 Å². The normalized spacial score (nSPS) is 10.5. The molecule has 0 aliphatic rings. The van der Waals surface area contributed by atoms with E-state index in [-0.39, 0.29) is 11.9 Å². The van der Waals surface area contributed by atoms with Gasteiger partial charge in [-0.3, -0.25) is 4.79 Å². The lowest BCUT2D eigenvalue weighted by atomic mass is 10.1. The summed E-state index contributed by atoms with van der Waals surface area (Å²) in [5.41, 5.74) is 2.64. The van der Waals surface area contributed by atoms with E-state index in [9.17, 15) is 4.79 Å². The van der Waals surface area contributed by atoms with Crippen LogP contribution in [0, 0.1) is 0 Å². The number of carbonyl (C=O) groups excluding carboxylic acids is 1. The van der Waals surface area contributed by atoms with Crippen LogP contribution >= 0.6 is 0 Å². The molecule has 0 saturated carbocycles. The number of rotatable bonds is 5. The molecule has 0 aliphatic heterocycles. The fraction of sp³-hybridized carbons (Fsp3) is 0.267. The molecular formula is C15H18N2O2.